The molecule has 10 heteroatoms. The molecule has 1 N–H and O–H groups in total. The minimum atomic E-state index is -3.79. The molecule has 3 heterocycles. The molecule has 1 saturated carbocycles. The van der Waals surface area contributed by atoms with Crippen molar-refractivity contribution in [3.05, 3.63) is 35.8 Å². The zero-order valence-corrected chi connectivity index (χ0v) is 18.2. The molecule has 1 aliphatic heterocycles. The maximum Gasteiger partial charge on any atom is 0.262 e. The first-order valence-electron chi connectivity index (χ1n) is 10.5. The summed E-state index contributed by atoms with van der Waals surface area (Å²) in [4.78, 5) is 25.8. The van der Waals surface area contributed by atoms with E-state index in [0.29, 0.717) is 36.5 Å². The molecular weight excluding hydrogens is 404 g/mol. The SMILES string of the molecule is Cc1ncc(C(=O)NC2CCCCC2)c(C2CCCN2S(=O)(=O)c2cn(C)cn2)n1. The summed E-state index contributed by atoms with van der Waals surface area (Å²) in [5.74, 6) is 0.292. The standard InChI is InChI=1S/C20H28N6O3S/c1-14-21-11-16(20(27)24-15-7-4-3-5-8-15)19(23-14)17-9-6-10-26(17)30(28,29)18-12-25(2)13-22-18/h11-13,15,17H,3-10H2,1-2H3,(H,24,27). The predicted octanol–water partition coefficient (Wildman–Crippen LogP) is 2.11. The molecule has 9 nitrogen and oxygen atoms in total. The molecule has 162 valence electrons. The fourth-order valence-corrected chi connectivity index (χ4v) is 6.00. The van der Waals surface area contributed by atoms with Crippen LogP contribution in [0.5, 0.6) is 0 Å². The lowest BCUT2D eigenvalue weighted by Crippen LogP contribution is -2.38. The number of rotatable bonds is 5. The Morgan fingerprint density at radius 3 is 2.60 bits per heavy atom. The Labute approximate surface area is 177 Å². The third-order valence-electron chi connectivity index (χ3n) is 5.90. The first-order chi connectivity index (χ1) is 14.4. The van der Waals surface area contributed by atoms with Gasteiger partial charge in [-0.25, -0.2) is 23.4 Å². The Morgan fingerprint density at radius 1 is 1.13 bits per heavy atom. The number of imidazole rings is 1. The average Bonchev–Trinajstić information content (AvgIpc) is 3.38. The summed E-state index contributed by atoms with van der Waals surface area (Å²) in [6, 6.07) is -0.358. The second kappa shape index (κ2) is 8.43. The summed E-state index contributed by atoms with van der Waals surface area (Å²) < 4.78 is 29.5. The van der Waals surface area contributed by atoms with Gasteiger partial charge in [0.15, 0.2) is 5.03 Å². The smallest absolute Gasteiger partial charge is 0.262 e. The van der Waals surface area contributed by atoms with E-state index in [0.717, 1.165) is 25.7 Å². The van der Waals surface area contributed by atoms with Crippen LogP contribution in [0, 0.1) is 6.92 Å². The molecule has 2 aliphatic rings. The lowest BCUT2D eigenvalue weighted by molar-refractivity contribution is 0.0924. The normalized spacial score (nSPS) is 21.1. The summed E-state index contributed by atoms with van der Waals surface area (Å²) in [5, 5.41) is 3.11. The van der Waals surface area contributed by atoms with E-state index < -0.39 is 16.1 Å². The van der Waals surface area contributed by atoms with Crippen LogP contribution in [-0.2, 0) is 17.1 Å². The van der Waals surface area contributed by atoms with Gasteiger partial charge in [-0.2, -0.15) is 4.31 Å². The molecule has 0 bridgehead atoms. The van der Waals surface area contributed by atoms with Crippen LogP contribution in [0.15, 0.2) is 23.7 Å². The number of amides is 1. The highest BCUT2D eigenvalue weighted by atomic mass is 32.2. The fraction of sp³-hybridized carbons (Fsp3) is 0.600. The summed E-state index contributed by atoms with van der Waals surface area (Å²) in [6.45, 7) is 2.12. The number of nitrogens with zero attached hydrogens (tertiary/aromatic N) is 5. The van der Waals surface area contributed by atoms with Gasteiger partial charge in [0.1, 0.15) is 5.82 Å². The molecule has 30 heavy (non-hydrogen) atoms. The van der Waals surface area contributed by atoms with E-state index in [1.54, 1.807) is 18.5 Å². The van der Waals surface area contributed by atoms with Gasteiger partial charge in [0.2, 0.25) is 0 Å². The molecule has 1 amide bonds. The van der Waals surface area contributed by atoms with E-state index >= 15 is 0 Å². The zero-order chi connectivity index (χ0) is 21.3. The van der Waals surface area contributed by atoms with Crippen molar-refractivity contribution < 1.29 is 13.2 Å². The molecule has 0 aromatic carbocycles. The molecule has 1 saturated heterocycles. The van der Waals surface area contributed by atoms with Crippen LogP contribution in [0.4, 0.5) is 0 Å². The number of nitrogens with one attached hydrogen (secondary N) is 1. The number of carbonyl (C=O) groups excluding carboxylic acids is 1. The number of carbonyl (C=O) groups is 1. The summed E-state index contributed by atoms with van der Waals surface area (Å²) in [7, 11) is -2.06. The minimum absolute atomic E-state index is 0.0101. The Hall–Kier alpha value is -2.33. The molecule has 2 aromatic rings. The molecule has 4 rings (SSSR count). The Kier molecular flexibility index (Phi) is 5.88. The van der Waals surface area contributed by atoms with Gasteiger partial charge in [0, 0.05) is 32.0 Å². The van der Waals surface area contributed by atoms with Crippen molar-refractivity contribution in [1.29, 1.82) is 0 Å². The van der Waals surface area contributed by atoms with Crippen LogP contribution in [0.3, 0.4) is 0 Å². The quantitative estimate of drug-likeness (QED) is 0.775. The molecule has 1 unspecified atom stereocenters. The highest BCUT2D eigenvalue weighted by Crippen LogP contribution is 2.36. The van der Waals surface area contributed by atoms with Crippen LogP contribution in [-0.4, -0.2) is 50.7 Å². The van der Waals surface area contributed by atoms with Crippen molar-refractivity contribution in [2.24, 2.45) is 7.05 Å². The molecule has 1 aliphatic carbocycles. The van der Waals surface area contributed by atoms with E-state index in [-0.39, 0.29) is 17.0 Å². The maximum atomic E-state index is 13.2. The minimum Gasteiger partial charge on any atom is -0.349 e. The fourth-order valence-electron chi connectivity index (χ4n) is 4.37. The molecule has 2 fully saturated rings. The van der Waals surface area contributed by atoms with Crippen molar-refractivity contribution in [2.75, 3.05) is 6.54 Å². The largest absolute Gasteiger partial charge is 0.349 e. The third-order valence-corrected chi connectivity index (χ3v) is 7.69. The van der Waals surface area contributed by atoms with Crippen molar-refractivity contribution in [3.8, 4) is 0 Å². The number of hydrogen-bond donors (Lipinski definition) is 1. The second-order valence-corrected chi connectivity index (χ2v) is 10.0. The van der Waals surface area contributed by atoms with E-state index in [4.69, 9.17) is 0 Å². The van der Waals surface area contributed by atoms with Gasteiger partial charge in [-0.15, -0.1) is 0 Å². The first kappa shape index (κ1) is 20.9. The van der Waals surface area contributed by atoms with Crippen molar-refractivity contribution in [3.63, 3.8) is 0 Å². The lowest BCUT2D eigenvalue weighted by Gasteiger charge is -2.26. The topological polar surface area (TPSA) is 110 Å². The van der Waals surface area contributed by atoms with Crippen molar-refractivity contribution in [1.82, 2.24) is 29.1 Å². The van der Waals surface area contributed by atoms with Crippen molar-refractivity contribution in [2.45, 2.75) is 69.0 Å². The van der Waals surface area contributed by atoms with E-state index in [9.17, 15) is 13.2 Å². The third kappa shape index (κ3) is 4.11. The van der Waals surface area contributed by atoms with E-state index in [2.05, 4.69) is 20.3 Å². The predicted molar refractivity (Wildman–Crippen MR) is 110 cm³/mol. The summed E-state index contributed by atoms with van der Waals surface area (Å²) in [5.41, 5.74) is 0.840. The number of aromatic nitrogens is 4. The van der Waals surface area contributed by atoms with Crippen molar-refractivity contribution >= 4 is 15.9 Å². The Balaban J connectivity index is 1.65. The molecule has 2 aromatic heterocycles. The average molecular weight is 433 g/mol. The Morgan fingerprint density at radius 2 is 1.90 bits per heavy atom. The van der Waals surface area contributed by atoms with Crippen LogP contribution in [0.25, 0.3) is 0 Å². The van der Waals surface area contributed by atoms with E-state index in [1.165, 1.54) is 29.4 Å². The molecule has 0 radical (unpaired) electrons. The number of hydrogen-bond acceptors (Lipinski definition) is 6. The first-order valence-corrected chi connectivity index (χ1v) is 11.9. The highest BCUT2D eigenvalue weighted by Gasteiger charge is 2.40. The van der Waals surface area contributed by atoms with E-state index in [1.807, 2.05) is 0 Å². The zero-order valence-electron chi connectivity index (χ0n) is 17.4. The van der Waals surface area contributed by atoms with Gasteiger partial charge in [-0.05, 0) is 32.6 Å². The summed E-state index contributed by atoms with van der Waals surface area (Å²) >= 11 is 0. The monoisotopic (exact) mass is 432 g/mol. The van der Waals surface area contributed by atoms with Gasteiger partial charge >= 0.3 is 0 Å². The molecule has 1 atom stereocenters. The van der Waals surface area contributed by atoms with Crippen LogP contribution < -0.4 is 5.32 Å². The van der Waals surface area contributed by atoms with Gasteiger partial charge in [-0.3, -0.25) is 4.79 Å². The highest BCUT2D eigenvalue weighted by molar-refractivity contribution is 7.89. The van der Waals surface area contributed by atoms with Crippen LogP contribution in [0.1, 0.15) is 72.9 Å². The number of aryl methyl sites for hydroxylation is 2. The Bertz CT molecular complexity index is 1030. The lowest BCUT2D eigenvalue weighted by atomic mass is 9.95. The van der Waals surface area contributed by atoms with Gasteiger partial charge in [0.25, 0.3) is 15.9 Å². The van der Waals surface area contributed by atoms with Crippen LogP contribution >= 0.6 is 0 Å². The second-order valence-electron chi connectivity index (χ2n) is 8.18. The molecule has 0 spiro atoms. The summed E-state index contributed by atoms with van der Waals surface area (Å²) in [6.07, 6.45) is 11.2. The molecular formula is C20H28N6O3S. The van der Waals surface area contributed by atoms with Gasteiger partial charge in [-0.1, -0.05) is 19.3 Å². The number of sulfonamides is 1. The maximum absolute atomic E-state index is 13.2. The van der Waals surface area contributed by atoms with Crippen LogP contribution in [0.2, 0.25) is 0 Å². The van der Waals surface area contributed by atoms with Gasteiger partial charge < -0.3 is 9.88 Å². The van der Waals surface area contributed by atoms with Gasteiger partial charge in [0.05, 0.1) is 23.6 Å².